The first-order chi connectivity index (χ1) is 23.9. The predicted octanol–water partition coefficient (Wildman–Crippen LogP) is 11.7. The number of anilines is 5. The number of nitrogens with zero attached hydrogens (tertiary/aromatic N) is 3. The lowest BCUT2D eigenvalue weighted by atomic mass is 9.91. The van der Waals surface area contributed by atoms with Crippen molar-refractivity contribution in [3.63, 3.8) is 0 Å². The molecule has 9 rings (SSSR count). The van der Waals surface area contributed by atoms with Crippen LogP contribution < -0.4 is 15.0 Å². The van der Waals surface area contributed by atoms with Crippen LogP contribution in [0.5, 0.6) is 0 Å². The summed E-state index contributed by atoms with van der Waals surface area (Å²) in [5.74, 6) is 0.904. The van der Waals surface area contributed by atoms with E-state index in [4.69, 9.17) is 4.98 Å². The van der Waals surface area contributed by atoms with Gasteiger partial charge in [0, 0.05) is 46.1 Å². The van der Waals surface area contributed by atoms with E-state index in [0.717, 1.165) is 42.1 Å². The van der Waals surface area contributed by atoms with E-state index < -0.39 is 8.07 Å². The van der Waals surface area contributed by atoms with E-state index in [-0.39, 0.29) is 0 Å². The number of aryl methyl sites for hydroxylation is 1. The molecule has 0 N–H and O–H groups in total. The van der Waals surface area contributed by atoms with Gasteiger partial charge in [-0.25, -0.2) is 4.98 Å². The standard InChI is InChI=1S/C45H39N3Si/c1-49(2,3)37-22-20-36(21-23-37)48(43-28-19-35(30-46-43)31-10-5-4-6-11-31)42-27-18-34-15-24-38-41(26-17-33-16-25-39(42)45(34)44(33)38)47-29-9-13-32-12-7-8-14-40(32)47/h4-8,10-12,14-28,30H,9,13,29H2,1-3H3. The summed E-state index contributed by atoms with van der Waals surface area (Å²) in [6, 6.07) is 51.5. The zero-order valence-electron chi connectivity index (χ0n) is 28.3. The number of rotatable bonds is 6. The molecule has 0 aliphatic carbocycles. The molecule has 0 bridgehead atoms. The van der Waals surface area contributed by atoms with Crippen LogP contribution in [0.2, 0.25) is 19.6 Å². The average Bonchev–Trinajstić information content (AvgIpc) is 3.14. The van der Waals surface area contributed by atoms with Crippen LogP contribution >= 0.6 is 0 Å². The average molecular weight is 650 g/mol. The summed E-state index contributed by atoms with van der Waals surface area (Å²) in [5, 5.41) is 9.16. The number of aromatic nitrogens is 1. The lowest BCUT2D eigenvalue weighted by molar-refractivity contribution is 0.768. The highest BCUT2D eigenvalue weighted by Gasteiger charge is 2.24. The van der Waals surface area contributed by atoms with Crippen molar-refractivity contribution < 1.29 is 0 Å². The lowest BCUT2D eigenvalue weighted by Gasteiger charge is -2.33. The van der Waals surface area contributed by atoms with Gasteiger partial charge >= 0.3 is 0 Å². The minimum Gasteiger partial charge on any atom is -0.341 e. The van der Waals surface area contributed by atoms with E-state index >= 15 is 0 Å². The van der Waals surface area contributed by atoms with E-state index in [1.807, 2.05) is 6.20 Å². The molecule has 1 aromatic heterocycles. The van der Waals surface area contributed by atoms with Crippen molar-refractivity contribution in [1.82, 2.24) is 4.98 Å². The van der Waals surface area contributed by atoms with Crippen molar-refractivity contribution in [3.8, 4) is 11.1 Å². The number of fused-ring (bicyclic) bond motifs is 1. The molecule has 0 radical (unpaired) electrons. The zero-order chi connectivity index (χ0) is 33.1. The SMILES string of the molecule is C[Si](C)(C)c1ccc(N(c2ccc(-c3ccccc3)cn2)c2ccc3ccc4c(N5CCCc6ccccc65)ccc5ccc2c3c54)cc1. The summed E-state index contributed by atoms with van der Waals surface area (Å²) >= 11 is 0. The molecule has 1 aliphatic rings. The maximum Gasteiger partial charge on any atom is 0.137 e. The summed E-state index contributed by atoms with van der Waals surface area (Å²) in [6.45, 7) is 8.24. The highest BCUT2D eigenvalue weighted by molar-refractivity contribution is 6.88. The Bertz CT molecular complexity index is 2450. The van der Waals surface area contributed by atoms with Crippen LogP contribution in [0, 0.1) is 0 Å². The molecule has 0 fully saturated rings. The number of benzene rings is 7. The molecule has 0 saturated heterocycles. The van der Waals surface area contributed by atoms with Crippen LogP contribution in [-0.2, 0) is 6.42 Å². The number of pyridine rings is 1. The first-order valence-corrected chi connectivity index (χ1v) is 20.9. The first-order valence-electron chi connectivity index (χ1n) is 17.4. The summed E-state index contributed by atoms with van der Waals surface area (Å²) in [6.07, 6.45) is 4.30. The molecule has 0 unspecified atom stereocenters. The first kappa shape index (κ1) is 29.7. The predicted molar refractivity (Wildman–Crippen MR) is 213 cm³/mol. The summed E-state index contributed by atoms with van der Waals surface area (Å²) in [4.78, 5) is 9.99. The van der Waals surface area contributed by atoms with Gasteiger partial charge in [-0.3, -0.25) is 4.90 Å². The third-order valence-electron chi connectivity index (χ3n) is 10.3. The Labute approximate surface area is 289 Å². The highest BCUT2D eigenvalue weighted by atomic mass is 28.3. The van der Waals surface area contributed by atoms with Gasteiger partial charge in [0.15, 0.2) is 0 Å². The third kappa shape index (κ3) is 5.06. The lowest BCUT2D eigenvalue weighted by Crippen LogP contribution is -2.37. The molecule has 238 valence electrons. The van der Waals surface area contributed by atoms with Crippen LogP contribution in [0.3, 0.4) is 0 Å². The number of hydrogen-bond acceptors (Lipinski definition) is 3. The minimum absolute atomic E-state index is 0.904. The molecule has 49 heavy (non-hydrogen) atoms. The van der Waals surface area contributed by atoms with Crippen LogP contribution in [0.1, 0.15) is 12.0 Å². The van der Waals surface area contributed by atoms with Crippen LogP contribution in [0.15, 0.2) is 146 Å². The maximum absolute atomic E-state index is 5.11. The fraction of sp³-hybridized carbons (Fsp3) is 0.133. The maximum atomic E-state index is 5.11. The topological polar surface area (TPSA) is 19.4 Å². The quantitative estimate of drug-likeness (QED) is 0.132. The largest absolute Gasteiger partial charge is 0.341 e. The second-order valence-corrected chi connectivity index (χ2v) is 19.5. The Kier molecular flexibility index (Phi) is 7.03. The van der Waals surface area contributed by atoms with Gasteiger partial charge in [-0.05, 0) is 88.0 Å². The van der Waals surface area contributed by atoms with Crippen molar-refractivity contribution in [2.24, 2.45) is 0 Å². The molecule has 0 atom stereocenters. The monoisotopic (exact) mass is 649 g/mol. The fourth-order valence-corrected chi connectivity index (χ4v) is 8.98. The van der Waals surface area contributed by atoms with Gasteiger partial charge in [0.2, 0.25) is 0 Å². The van der Waals surface area contributed by atoms with Crippen molar-refractivity contribution in [2.45, 2.75) is 32.5 Å². The summed E-state index contributed by atoms with van der Waals surface area (Å²) in [7, 11) is -1.46. The van der Waals surface area contributed by atoms with E-state index in [9.17, 15) is 0 Å². The Morgan fingerprint density at radius 3 is 2.04 bits per heavy atom. The Morgan fingerprint density at radius 1 is 0.592 bits per heavy atom. The van der Waals surface area contributed by atoms with Gasteiger partial charge in [0.05, 0.1) is 13.8 Å². The van der Waals surface area contributed by atoms with E-state index in [2.05, 4.69) is 169 Å². The van der Waals surface area contributed by atoms with Crippen molar-refractivity contribution in [3.05, 3.63) is 151 Å². The molecule has 8 aromatic rings. The van der Waals surface area contributed by atoms with Gasteiger partial charge < -0.3 is 4.90 Å². The van der Waals surface area contributed by atoms with Crippen molar-refractivity contribution in [2.75, 3.05) is 16.3 Å². The Morgan fingerprint density at radius 2 is 1.29 bits per heavy atom. The van der Waals surface area contributed by atoms with E-state index in [1.54, 1.807) is 0 Å². The smallest absolute Gasteiger partial charge is 0.137 e. The molecule has 3 nitrogen and oxygen atoms in total. The van der Waals surface area contributed by atoms with Crippen molar-refractivity contribution >= 4 is 74.1 Å². The molecule has 4 heteroatoms. The Balaban J connectivity index is 1.25. The molecular formula is C45H39N3Si. The van der Waals surface area contributed by atoms with Gasteiger partial charge in [-0.2, -0.15) is 0 Å². The van der Waals surface area contributed by atoms with Gasteiger partial charge in [-0.1, -0.05) is 122 Å². The van der Waals surface area contributed by atoms with Gasteiger partial charge in [-0.15, -0.1) is 0 Å². The second-order valence-electron chi connectivity index (χ2n) is 14.4. The summed E-state index contributed by atoms with van der Waals surface area (Å²) < 4.78 is 0. The minimum atomic E-state index is -1.46. The third-order valence-corrected chi connectivity index (χ3v) is 12.4. The number of para-hydroxylation sites is 1. The van der Waals surface area contributed by atoms with Crippen LogP contribution in [-0.4, -0.2) is 19.6 Å². The highest BCUT2D eigenvalue weighted by Crippen LogP contribution is 2.46. The molecule has 2 heterocycles. The fourth-order valence-electron chi connectivity index (χ4n) is 7.81. The van der Waals surface area contributed by atoms with Crippen molar-refractivity contribution in [1.29, 1.82) is 0 Å². The zero-order valence-corrected chi connectivity index (χ0v) is 29.3. The number of hydrogen-bond donors (Lipinski definition) is 0. The van der Waals surface area contributed by atoms with Gasteiger partial charge in [0.25, 0.3) is 0 Å². The van der Waals surface area contributed by atoms with Gasteiger partial charge in [0.1, 0.15) is 5.82 Å². The molecular weight excluding hydrogens is 611 g/mol. The molecule has 0 spiro atoms. The summed E-state index contributed by atoms with van der Waals surface area (Å²) in [5.41, 5.74) is 8.59. The molecule has 0 amide bonds. The Hall–Kier alpha value is -5.45. The second kappa shape index (κ2) is 11.6. The molecule has 7 aromatic carbocycles. The molecule has 1 aliphatic heterocycles. The normalized spacial score (nSPS) is 13.3. The van der Waals surface area contributed by atoms with E-state index in [0.29, 0.717) is 0 Å². The van der Waals surface area contributed by atoms with Crippen LogP contribution in [0.4, 0.5) is 28.6 Å². The van der Waals surface area contributed by atoms with E-state index in [1.165, 1.54) is 60.0 Å². The molecule has 0 saturated carbocycles. The van der Waals surface area contributed by atoms with Crippen LogP contribution in [0.25, 0.3) is 43.4 Å².